The predicted octanol–water partition coefficient (Wildman–Crippen LogP) is 3.71. The van der Waals surface area contributed by atoms with Crippen LogP contribution in [-0.4, -0.2) is 20.0 Å². The first-order chi connectivity index (χ1) is 11.1. The Hall–Kier alpha value is -2.14. The van der Waals surface area contributed by atoms with Crippen LogP contribution >= 0.6 is 0 Å². The third kappa shape index (κ3) is 3.29. The van der Waals surface area contributed by atoms with Crippen LogP contribution in [0.2, 0.25) is 0 Å². The van der Waals surface area contributed by atoms with Gasteiger partial charge in [-0.1, -0.05) is 18.2 Å². The molecule has 3 aromatic rings. The van der Waals surface area contributed by atoms with Gasteiger partial charge in [0.15, 0.2) is 0 Å². The molecule has 3 rings (SSSR count). The van der Waals surface area contributed by atoms with Crippen LogP contribution in [0, 0.1) is 6.92 Å². The van der Waals surface area contributed by atoms with Crippen molar-refractivity contribution in [2.24, 2.45) is 0 Å². The van der Waals surface area contributed by atoms with Crippen molar-refractivity contribution in [3.63, 3.8) is 0 Å². The Morgan fingerprint density at radius 1 is 1.17 bits per heavy atom. The molecule has 0 saturated heterocycles. The molecule has 4 nitrogen and oxygen atoms in total. The molecule has 2 aromatic carbocycles. The van der Waals surface area contributed by atoms with Gasteiger partial charge in [0, 0.05) is 35.0 Å². The highest BCUT2D eigenvalue weighted by atomic mass is 32.2. The Bertz CT molecular complexity index is 853. The normalized spacial score (nSPS) is 12.5. The van der Waals surface area contributed by atoms with Crippen LogP contribution in [0.4, 0.5) is 5.95 Å². The zero-order valence-electron chi connectivity index (χ0n) is 13.7. The van der Waals surface area contributed by atoms with E-state index in [2.05, 4.69) is 41.9 Å². The van der Waals surface area contributed by atoms with Crippen LogP contribution in [-0.2, 0) is 23.9 Å². The number of rotatable bonds is 5. The number of benzene rings is 2. The third-order valence-electron chi connectivity index (χ3n) is 3.93. The van der Waals surface area contributed by atoms with Crippen molar-refractivity contribution >= 4 is 27.8 Å². The molecule has 1 aromatic heterocycles. The molecular weight excluding hydrogens is 306 g/mol. The standard InChI is InChI=1S/C18H21N3OS/c1-4-21-17-10-5-13(2)11-16(17)20-18(21)19-12-14-6-8-15(9-7-14)23(3)22/h5-11H,4,12H2,1-3H3,(H,19,20)/t23-/m0/s1. The zero-order chi connectivity index (χ0) is 16.4. The van der Waals surface area contributed by atoms with E-state index in [1.807, 2.05) is 24.3 Å². The van der Waals surface area contributed by atoms with Gasteiger partial charge in [0.25, 0.3) is 0 Å². The van der Waals surface area contributed by atoms with Crippen LogP contribution in [0.15, 0.2) is 47.4 Å². The van der Waals surface area contributed by atoms with Crippen LogP contribution in [0.5, 0.6) is 0 Å². The van der Waals surface area contributed by atoms with Gasteiger partial charge < -0.3 is 9.88 Å². The lowest BCUT2D eigenvalue weighted by Gasteiger charge is -2.09. The molecule has 1 heterocycles. The van der Waals surface area contributed by atoms with E-state index in [9.17, 15) is 4.21 Å². The van der Waals surface area contributed by atoms with Crippen molar-refractivity contribution < 1.29 is 4.21 Å². The number of aryl methyl sites for hydroxylation is 2. The van der Waals surface area contributed by atoms with Crippen molar-refractivity contribution in [3.05, 3.63) is 53.6 Å². The Labute approximate surface area is 139 Å². The maximum Gasteiger partial charge on any atom is 0.204 e. The van der Waals surface area contributed by atoms with Gasteiger partial charge in [-0.05, 0) is 49.2 Å². The number of hydrogen-bond donors (Lipinski definition) is 1. The average Bonchev–Trinajstić information content (AvgIpc) is 2.89. The first-order valence-electron chi connectivity index (χ1n) is 7.71. The summed E-state index contributed by atoms with van der Waals surface area (Å²) in [5.41, 5.74) is 4.53. The molecule has 0 amide bonds. The predicted molar refractivity (Wildman–Crippen MR) is 96.2 cm³/mol. The Morgan fingerprint density at radius 3 is 2.57 bits per heavy atom. The summed E-state index contributed by atoms with van der Waals surface area (Å²) in [7, 11) is -0.932. The van der Waals surface area contributed by atoms with Crippen molar-refractivity contribution in [3.8, 4) is 0 Å². The number of hydrogen-bond acceptors (Lipinski definition) is 3. The average molecular weight is 327 g/mol. The smallest absolute Gasteiger partial charge is 0.204 e. The largest absolute Gasteiger partial charge is 0.352 e. The lowest BCUT2D eigenvalue weighted by molar-refractivity contribution is 0.687. The van der Waals surface area contributed by atoms with E-state index >= 15 is 0 Å². The Balaban J connectivity index is 1.82. The minimum Gasteiger partial charge on any atom is -0.352 e. The van der Waals surface area contributed by atoms with E-state index in [1.165, 1.54) is 5.56 Å². The number of aromatic nitrogens is 2. The van der Waals surface area contributed by atoms with E-state index in [-0.39, 0.29) is 0 Å². The molecule has 0 fully saturated rings. The van der Waals surface area contributed by atoms with Crippen molar-refractivity contribution in [2.75, 3.05) is 11.6 Å². The summed E-state index contributed by atoms with van der Waals surface area (Å²) < 4.78 is 13.6. The second-order valence-electron chi connectivity index (χ2n) is 5.62. The molecule has 0 bridgehead atoms. The quantitative estimate of drug-likeness (QED) is 0.777. The fourth-order valence-electron chi connectivity index (χ4n) is 2.67. The molecule has 120 valence electrons. The molecule has 1 N–H and O–H groups in total. The molecular formula is C18H21N3OS. The molecule has 0 saturated carbocycles. The maximum atomic E-state index is 11.4. The van der Waals surface area contributed by atoms with Gasteiger partial charge in [0.2, 0.25) is 5.95 Å². The zero-order valence-corrected chi connectivity index (χ0v) is 14.5. The number of imidazole rings is 1. The number of nitrogens with zero attached hydrogens (tertiary/aromatic N) is 2. The number of nitrogens with one attached hydrogen (secondary N) is 1. The highest BCUT2D eigenvalue weighted by Gasteiger charge is 2.09. The van der Waals surface area contributed by atoms with Gasteiger partial charge >= 0.3 is 0 Å². The van der Waals surface area contributed by atoms with Crippen molar-refractivity contribution in [1.82, 2.24) is 9.55 Å². The fraction of sp³-hybridized carbons (Fsp3) is 0.278. The summed E-state index contributed by atoms with van der Waals surface area (Å²) >= 11 is 0. The summed E-state index contributed by atoms with van der Waals surface area (Å²) in [5.74, 6) is 0.885. The first kappa shape index (κ1) is 15.7. The van der Waals surface area contributed by atoms with E-state index in [1.54, 1.807) is 6.26 Å². The third-order valence-corrected chi connectivity index (χ3v) is 4.86. The van der Waals surface area contributed by atoms with E-state index < -0.39 is 10.8 Å². The fourth-order valence-corrected chi connectivity index (χ4v) is 3.19. The van der Waals surface area contributed by atoms with Gasteiger partial charge in [0.05, 0.1) is 11.0 Å². The molecule has 1 atom stereocenters. The summed E-state index contributed by atoms with van der Waals surface area (Å²) in [6.07, 6.45) is 1.69. The highest BCUT2D eigenvalue weighted by molar-refractivity contribution is 7.84. The van der Waals surface area contributed by atoms with E-state index in [4.69, 9.17) is 4.98 Å². The molecule has 5 heteroatoms. The first-order valence-corrected chi connectivity index (χ1v) is 9.27. The Kier molecular flexibility index (Phi) is 4.48. The SMILES string of the molecule is CCn1c(NCc2ccc([S@](C)=O)cc2)nc2cc(C)ccc21. The van der Waals surface area contributed by atoms with Crippen LogP contribution < -0.4 is 5.32 Å². The van der Waals surface area contributed by atoms with Crippen molar-refractivity contribution in [2.45, 2.75) is 31.8 Å². The molecule has 0 aliphatic heterocycles. The van der Waals surface area contributed by atoms with Crippen LogP contribution in [0.25, 0.3) is 11.0 Å². The van der Waals surface area contributed by atoms with E-state index in [0.29, 0.717) is 6.54 Å². The number of anilines is 1. The maximum absolute atomic E-state index is 11.4. The van der Waals surface area contributed by atoms with Gasteiger partial charge in [-0.3, -0.25) is 4.21 Å². The van der Waals surface area contributed by atoms with Gasteiger partial charge in [-0.25, -0.2) is 4.98 Å². The van der Waals surface area contributed by atoms with E-state index in [0.717, 1.165) is 34.0 Å². The molecule has 0 spiro atoms. The molecule has 23 heavy (non-hydrogen) atoms. The minimum absolute atomic E-state index is 0.693. The number of fused-ring (bicyclic) bond motifs is 1. The second-order valence-corrected chi connectivity index (χ2v) is 7.00. The Morgan fingerprint density at radius 2 is 1.91 bits per heavy atom. The topological polar surface area (TPSA) is 46.9 Å². The lowest BCUT2D eigenvalue weighted by atomic mass is 10.2. The van der Waals surface area contributed by atoms with Gasteiger partial charge in [0.1, 0.15) is 0 Å². The van der Waals surface area contributed by atoms with Crippen LogP contribution in [0.3, 0.4) is 0 Å². The monoisotopic (exact) mass is 327 g/mol. The highest BCUT2D eigenvalue weighted by Crippen LogP contribution is 2.21. The molecule has 0 unspecified atom stereocenters. The van der Waals surface area contributed by atoms with Crippen LogP contribution in [0.1, 0.15) is 18.1 Å². The second kappa shape index (κ2) is 6.54. The summed E-state index contributed by atoms with van der Waals surface area (Å²) in [6, 6.07) is 14.2. The lowest BCUT2D eigenvalue weighted by Crippen LogP contribution is -2.06. The minimum atomic E-state index is -0.932. The summed E-state index contributed by atoms with van der Waals surface area (Å²) in [4.78, 5) is 5.56. The molecule has 0 radical (unpaired) electrons. The van der Waals surface area contributed by atoms with Gasteiger partial charge in [-0.2, -0.15) is 0 Å². The summed E-state index contributed by atoms with van der Waals surface area (Å²) in [6.45, 7) is 5.77. The van der Waals surface area contributed by atoms with Gasteiger partial charge in [-0.15, -0.1) is 0 Å². The molecule has 0 aliphatic rings. The molecule has 0 aliphatic carbocycles. The summed E-state index contributed by atoms with van der Waals surface area (Å²) in [5, 5.41) is 3.41. The van der Waals surface area contributed by atoms with Crippen molar-refractivity contribution in [1.29, 1.82) is 0 Å².